The van der Waals surface area contributed by atoms with E-state index in [2.05, 4.69) is 241 Å². The third-order valence-corrected chi connectivity index (χ3v) is 10.3. The largest absolute Gasteiger partial charge is 0.310 e. The Morgan fingerprint density at radius 2 is 0.600 bits per heavy atom. The molecule has 0 bridgehead atoms. The number of hydrogen-bond donors (Lipinski definition) is 0. The summed E-state index contributed by atoms with van der Waals surface area (Å²) in [6.07, 6.45) is 0. The zero-order chi connectivity index (χ0) is 36.8. The Morgan fingerprint density at radius 3 is 1.16 bits per heavy atom. The Balaban J connectivity index is 1.24. The van der Waals surface area contributed by atoms with Gasteiger partial charge < -0.3 is 4.90 Å². The summed E-state index contributed by atoms with van der Waals surface area (Å²) in [7, 11) is 0. The Labute approximate surface area is 324 Å². The van der Waals surface area contributed by atoms with Crippen molar-refractivity contribution in [2.24, 2.45) is 0 Å². The molecule has 55 heavy (non-hydrogen) atoms. The molecule has 1 nitrogen and oxygen atoms in total. The van der Waals surface area contributed by atoms with E-state index in [1.807, 2.05) is 0 Å². The van der Waals surface area contributed by atoms with Crippen molar-refractivity contribution in [2.45, 2.75) is 0 Å². The molecule has 0 saturated carbocycles. The Kier molecular flexibility index (Phi) is 9.41. The molecule has 0 heterocycles. The van der Waals surface area contributed by atoms with Gasteiger partial charge in [-0.1, -0.05) is 206 Å². The monoisotopic (exact) mass is 701 g/mol. The number of rotatable bonds is 9. The van der Waals surface area contributed by atoms with Crippen LogP contribution in [0.15, 0.2) is 237 Å². The standard InChI is InChI=1S/C54H39N/c1-5-17-40(18-6-1)42-31-33-43(34-32-42)44-35-37-48(38-36-44)55(49-26-15-25-47(39-49)41-19-7-2-8-20-41)53-30-16-29-51(46-23-11-4-12-24-46)54(53)52-28-14-13-27-50(52)45-21-9-3-10-22-45/h1-39H. The molecular weight excluding hydrogens is 663 g/mol. The van der Waals surface area contributed by atoms with Gasteiger partial charge in [-0.15, -0.1) is 0 Å². The van der Waals surface area contributed by atoms with E-state index < -0.39 is 0 Å². The van der Waals surface area contributed by atoms with Crippen molar-refractivity contribution in [1.82, 2.24) is 0 Å². The van der Waals surface area contributed by atoms with Crippen LogP contribution in [0.25, 0.3) is 66.8 Å². The summed E-state index contributed by atoms with van der Waals surface area (Å²) in [5.74, 6) is 0. The molecule has 9 aromatic carbocycles. The van der Waals surface area contributed by atoms with Crippen LogP contribution in [0.2, 0.25) is 0 Å². The average molecular weight is 702 g/mol. The third kappa shape index (κ3) is 7.00. The van der Waals surface area contributed by atoms with Crippen LogP contribution >= 0.6 is 0 Å². The lowest BCUT2D eigenvalue weighted by atomic mass is 9.87. The highest BCUT2D eigenvalue weighted by Gasteiger charge is 2.23. The predicted molar refractivity (Wildman–Crippen MR) is 234 cm³/mol. The van der Waals surface area contributed by atoms with Crippen LogP contribution in [-0.4, -0.2) is 0 Å². The zero-order valence-corrected chi connectivity index (χ0v) is 30.5. The molecule has 0 atom stereocenters. The first-order valence-corrected chi connectivity index (χ1v) is 18.8. The highest BCUT2D eigenvalue weighted by atomic mass is 15.1. The summed E-state index contributed by atoms with van der Waals surface area (Å²) in [5, 5.41) is 0. The van der Waals surface area contributed by atoms with Crippen molar-refractivity contribution in [1.29, 1.82) is 0 Å². The van der Waals surface area contributed by atoms with E-state index in [0.717, 1.165) is 17.1 Å². The molecule has 0 aliphatic heterocycles. The van der Waals surface area contributed by atoms with Crippen molar-refractivity contribution in [3.63, 3.8) is 0 Å². The quantitative estimate of drug-likeness (QED) is 0.145. The van der Waals surface area contributed by atoms with E-state index in [1.165, 1.54) is 66.8 Å². The SMILES string of the molecule is c1ccc(-c2ccc(-c3ccc(N(c4cccc(-c5ccccc5)c4)c4cccc(-c5ccccc5)c4-c4ccccc4-c4ccccc4)cc3)cc2)cc1. The molecule has 1 heteroatoms. The molecule has 0 unspecified atom stereocenters. The number of benzene rings is 9. The second-order valence-corrected chi connectivity index (χ2v) is 13.7. The van der Waals surface area contributed by atoms with Gasteiger partial charge in [0.15, 0.2) is 0 Å². The molecule has 0 amide bonds. The molecule has 9 aromatic rings. The lowest BCUT2D eigenvalue weighted by molar-refractivity contribution is 1.28. The summed E-state index contributed by atoms with van der Waals surface area (Å²) in [6.45, 7) is 0. The lowest BCUT2D eigenvalue weighted by Gasteiger charge is -2.30. The second kappa shape index (κ2) is 15.4. The smallest absolute Gasteiger partial charge is 0.0546 e. The van der Waals surface area contributed by atoms with E-state index in [-0.39, 0.29) is 0 Å². The molecule has 0 aromatic heterocycles. The van der Waals surface area contributed by atoms with Crippen LogP contribution in [0.3, 0.4) is 0 Å². The van der Waals surface area contributed by atoms with Crippen molar-refractivity contribution in [2.75, 3.05) is 4.90 Å². The molecule has 260 valence electrons. The molecule has 0 fully saturated rings. The van der Waals surface area contributed by atoms with Crippen LogP contribution in [0.4, 0.5) is 17.1 Å². The maximum Gasteiger partial charge on any atom is 0.0546 e. The van der Waals surface area contributed by atoms with E-state index in [0.29, 0.717) is 0 Å². The third-order valence-electron chi connectivity index (χ3n) is 10.3. The van der Waals surface area contributed by atoms with Crippen LogP contribution in [0, 0.1) is 0 Å². The first-order chi connectivity index (χ1) is 27.3. The van der Waals surface area contributed by atoms with E-state index in [9.17, 15) is 0 Å². The van der Waals surface area contributed by atoms with Gasteiger partial charge in [0.05, 0.1) is 5.69 Å². The zero-order valence-electron chi connectivity index (χ0n) is 30.5. The fraction of sp³-hybridized carbons (Fsp3) is 0. The summed E-state index contributed by atoms with van der Waals surface area (Å²) >= 11 is 0. The molecule has 0 saturated heterocycles. The molecule has 0 aliphatic rings. The fourth-order valence-electron chi connectivity index (χ4n) is 7.61. The molecule has 9 rings (SSSR count). The van der Waals surface area contributed by atoms with E-state index in [1.54, 1.807) is 0 Å². The van der Waals surface area contributed by atoms with Gasteiger partial charge in [0.2, 0.25) is 0 Å². The molecule has 0 aliphatic carbocycles. The lowest BCUT2D eigenvalue weighted by Crippen LogP contribution is -2.12. The van der Waals surface area contributed by atoms with Crippen LogP contribution in [-0.2, 0) is 0 Å². The van der Waals surface area contributed by atoms with Crippen molar-refractivity contribution >= 4 is 17.1 Å². The van der Waals surface area contributed by atoms with Gasteiger partial charge in [0.1, 0.15) is 0 Å². The van der Waals surface area contributed by atoms with Crippen molar-refractivity contribution < 1.29 is 0 Å². The minimum Gasteiger partial charge on any atom is -0.310 e. The van der Waals surface area contributed by atoms with E-state index in [4.69, 9.17) is 0 Å². The van der Waals surface area contributed by atoms with Crippen LogP contribution in [0.5, 0.6) is 0 Å². The first-order valence-electron chi connectivity index (χ1n) is 18.8. The summed E-state index contributed by atoms with van der Waals surface area (Å²) in [6, 6.07) is 85.0. The number of anilines is 3. The Bertz CT molecular complexity index is 2650. The average Bonchev–Trinajstić information content (AvgIpc) is 3.28. The summed E-state index contributed by atoms with van der Waals surface area (Å²) in [4.78, 5) is 2.43. The van der Waals surface area contributed by atoms with Gasteiger partial charge in [0, 0.05) is 16.9 Å². The van der Waals surface area contributed by atoms with E-state index >= 15 is 0 Å². The molecule has 0 radical (unpaired) electrons. The summed E-state index contributed by atoms with van der Waals surface area (Å²) in [5.41, 5.74) is 17.5. The van der Waals surface area contributed by atoms with Gasteiger partial charge in [0.25, 0.3) is 0 Å². The highest BCUT2D eigenvalue weighted by molar-refractivity contribution is 6.01. The maximum atomic E-state index is 2.43. The first kappa shape index (κ1) is 33.6. The normalized spacial score (nSPS) is 10.9. The van der Waals surface area contributed by atoms with Gasteiger partial charge in [-0.3, -0.25) is 0 Å². The minimum atomic E-state index is 1.08. The van der Waals surface area contributed by atoms with Gasteiger partial charge in [-0.25, -0.2) is 0 Å². The number of nitrogens with zero attached hydrogens (tertiary/aromatic N) is 1. The minimum absolute atomic E-state index is 1.08. The topological polar surface area (TPSA) is 3.24 Å². The van der Waals surface area contributed by atoms with Crippen LogP contribution in [0.1, 0.15) is 0 Å². The van der Waals surface area contributed by atoms with Gasteiger partial charge in [-0.2, -0.15) is 0 Å². The van der Waals surface area contributed by atoms with Crippen molar-refractivity contribution in [3.8, 4) is 66.8 Å². The Hall–Kier alpha value is -7.22. The van der Waals surface area contributed by atoms with Gasteiger partial charge >= 0.3 is 0 Å². The number of hydrogen-bond acceptors (Lipinski definition) is 1. The second-order valence-electron chi connectivity index (χ2n) is 13.7. The summed E-state index contributed by atoms with van der Waals surface area (Å²) < 4.78 is 0. The Morgan fingerprint density at radius 1 is 0.218 bits per heavy atom. The molecule has 0 N–H and O–H groups in total. The highest BCUT2D eigenvalue weighted by Crippen LogP contribution is 2.48. The van der Waals surface area contributed by atoms with Crippen LogP contribution < -0.4 is 4.90 Å². The predicted octanol–water partition coefficient (Wildman–Crippen LogP) is 15.2. The molecular formula is C54H39N. The van der Waals surface area contributed by atoms with Gasteiger partial charge in [-0.05, 0) is 91.5 Å². The fourth-order valence-corrected chi connectivity index (χ4v) is 7.61. The maximum absolute atomic E-state index is 2.43. The van der Waals surface area contributed by atoms with Crippen molar-refractivity contribution in [3.05, 3.63) is 237 Å². The molecule has 0 spiro atoms.